The number of nitrogens with zero attached hydrogens (tertiary/aromatic N) is 2. The largest absolute Gasteiger partial charge is 0.465 e. The molecule has 2 rings (SSSR count). The van der Waals surface area contributed by atoms with Crippen molar-refractivity contribution in [1.29, 1.82) is 0 Å². The zero-order chi connectivity index (χ0) is 15.8. The Bertz CT molecular complexity index is 507. The van der Waals surface area contributed by atoms with E-state index < -0.39 is 0 Å². The molecular weight excluding hydrogens is 300 g/mol. The Morgan fingerprint density at radius 2 is 2.18 bits per heavy atom. The lowest BCUT2D eigenvalue weighted by Gasteiger charge is -2.33. The van der Waals surface area contributed by atoms with Crippen molar-refractivity contribution in [2.24, 2.45) is 0 Å². The molecule has 1 aromatic rings. The summed E-state index contributed by atoms with van der Waals surface area (Å²) < 4.78 is 5.00. The maximum Gasteiger partial charge on any atom is 0.325 e. The van der Waals surface area contributed by atoms with E-state index >= 15 is 0 Å². The monoisotopic (exact) mass is 322 g/mol. The van der Waals surface area contributed by atoms with Gasteiger partial charge in [0.1, 0.15) is 6.54 Å². The molecule has 1 aromatic heterocycles. The van der Waals surface area contributed by atoms with Crippen LogP contribution in [0.3, 0.4) is 0 Å². The summed E-state index contributed by atoms with van der Waals surface area (Å²) in [7, 11) is 0. The molecule has 0 radical (unpaired) electrons. The van der Waals surface area contributed by atoms with Crippen molar-refractivity contribution in [2.45, 2.75) is 45.1 Å². The van der Waals surface area contributed by atoms with Crippen molar-refractivity contribution in [3.8, 4) is 0 Å². The van der Waals surface area contributed by atoms with E-state index in [1.807, 2.05) is 5.38 Å². The Labute approximate surface area is 135 Å². The van der Waals surface area contributed by atoms with E-state index in [1.54, 1.807) is 23.4 Å². The number of ether oxygens (including phenoxy) is 1. The van der Waals surface area contributed by atoms with Crippen LogP contribution in [0.2, 0.25) is 0 Å². The van der Waals surface area contributed by atoms with Gasteiger partial charge >= 0.3 is 5.97 Å². The van der Waals surface area contributed by atoms with Gasteiger partial charge in [-0.3, -0.25) is 9.59 Å². The molecule has 5 nitrogen and oxygen atoms in total. The smallest absolute Gasteiger partial charge is 0.325 e. The minimum absolute atomic E-state index is 0.0265. The fourth-order valence-electron chi connectivity index (χ4n) is 2.68. The van der Waals surface area contributed by atoms with Crippen molar-refractivity contribution >= 4 is 29.3 Å². The Balaban J connectivity index is 2.04. The van der Waals surface area contributed by atoms with Gasteiger partial charge in [-0.1, -0.05) is 19.3 Å². The number of hydrogen-bond acceptors (Lipinski definition) is 5. The molecule has 1 aliphatic carbocycles. The summed E-state index contributed by atoms with van der Waals surface area (Å²) in [5, 5.41) is 1.88. The normalized spacial score (nSPS) is 15.9. The van der Waals surface area contributed by atoms with Crippen LogP contribution in [0.1, 0.15) is 44.7 Å². The zero-order valence-electron chi connectivity index (χ0n) is 12.9. The number of thiazole rings is 1. The Morgan fingerprint density at radius 3 is 2.82 bits per heavy atom. The molecule has 0 aromatic carbocycles. The fraction of sp³-hybridized carbons (Fsp3) is 0.562. The summed E-state index contributed by atoms with van der Waals surface area (Å²) in [4.78, 5) is 30.0. The second-order valence-corrected chi connectivity index (χ2v) is 6.03. The van der Waals surface area contributed by atoms with Crippen molar-refractivity contribution in [2.75, 3.05) is 13.2 Å². The second-order valence-electron chi connectivity index (χ2n) is 5.31. The van der Waals surface area contributed by atoms with Gasteiger partial charge in [0.25, 0.3) is 0 Å². The number of esters is 1. The molecule has 0 saturated heterocycles. The molecule has 1 aliphatic rings. The SMILES string of the molecule is CCOC(=O)CN(C(=O)C=Cc1cscn1)C1CCCCC1. The molecule has 0 atom stereocenters. The molecule has 0 unspecified atom stereocenters. The standard InChI is InChI=1S/C16H22N2O3S/c1-2-21-16(20)10-18(14-6-4-3-5-7-14)15(19)9-8-13-11-22-12-17-13/h8-9,11-12,14H,2-7,10H2,1H3. The molecule has 22 heavy (non-hydrogen) atoms. The third kappa shape index (κ3) is 4.94. The molecule has 1 heterocycles. The molecule has 6 heteroatoms. The van der Waals surface area contributed by atoms with Crippen LogP contribution in [0.25, 0.3) is 6.08 Å². The molecule has 1 fully saturated rings. The highest BCUT2D eigenvalue weighted by Crippen LogP contribution is 2.23. The van der Waals surface area contributed by atoms with Gasteiger partial charge in [-0.15, -0.1) is 11.3 Å². The van der Waals surface area contributed by atoms with E-state index in [2.05, 4.69) is 4.98 Å². The second kappa shape index (κ2) is 8.68. The third-order valence-corrected chi connectivity index (χ3v) is 4.36. The molecule has 120 valence electrons. The molecule has 0 spiro atoms. The number of carbonyl (C=O) groups excluding carboxylic acids is 2. The Hall–Kier alpha value is -1.69. The van der Waals surface area contributed by atoms with E-state index in [4.69, 9.17) is 4.74 Å². The molecule has 0 N–H and O–H groups in total. The minimum Gasteiger partial charge on any atom is -0.465 e. The van der Waals surface area contributed by atoms with Gasteiger partial charge in [-0.25, -0.2) is 4.98 Å². The van der Waals surface area contributed by atoms with Crippen LogP contribution in [0.4, 0.5) is 0 Å². The van der Waals surface area contributed by atoms with Gasteiger partial charge in [-0.05, 0) is 25.8 Å². The average molecular weight is 322 g/mol. The predicted molar refractivity (Wildman–Crippen MR) is 86.4 cm³/mol. The minimum atomic E-state index is -0.344. The van der Waals surface area contributed by atoms with Crippen LogP contribution in [-0.2, 0) is 14.3 Å². The number of carbonyl (C=O) groups is 2. The number of amides is 1. The Kier molecular flexibility index (Phi) is 6.58. The molecular formula is C16H22N2O3S. The van der Waals surface area contributed by atoms with Crippen LogP contribution in [0, 0.1) is 0 Å². The summed E-state index contributed by atoms with van der Waals surface area (Å²) in [6.45, 7) is 2.13. The van der Waals surface area contributed by atoms with Gasteiger partial charge < -0.3 is 9.64 Å². The maximum absolute atomic E-state index is 12.5. The van der Waals surface area contributed by atoms with Gasteiger partial charge in [0.2, 0.25) is 5.91 Å². The number of aromatic nitrogens is 1. The average Bonchev–Trinajstić information content (AvgIpc) is 3.05. The zero-order valence-corrected chi connectivity index (χ0v) is 13.7. The first-order valence-electron chi connectivity index (χ1n) is 7.73. The van der Waals surface area contributed by atoms with Gasteiger partial charge in [0.05, 0.1) is 17.8 Å². The van der Waals surface area contributed by atoms with Gasteiger partial charge in [0.15, 0.2) is 0 Å². The Morgan fingerprint density at radius 1 is 1.41 bits per heavy atom. The highest BCUT2D eigenvalue weighted by Gasteiger charge is 2.26. The summed E-state index contributed by atoms with van der Waals surface area (Å²) in [5.74, 6) is -0.489. The first-order chi connectivity index (χ1) is 10.7. The summed E-state index contributed by atoms with van der Waals surface area (Å²) in [6, 6.07) is 0.130. The van der Waals surface area contributed by atoms with Crippen LogP contribution in [0.15, 0.2) is 17.0 Å². The predicted octanol–water partition coefficient (Wildman–Crippen LogP) is 2.88. The molecule has 1 amide bonds. The highest BCUT2D eigenvalue weighted by molar-refractivity contribution is 7.07. The summed E-state index contributed by atoms with van der Waals surface area (Å²) >= 11 is 1.48. The maximum atomic E-state index is 12.5. The first kappa shape index (κ1) is 16.7. The fourth-order valence-corrected chi connectivity index (χ4v) is 3.20. The van der Waals surface area contributed by atoms with Crippen molar-refractivity contribution in [1.82, 2.24) is 9.88 Å². The first-order valence-corrected chi connectivity index (χ1v) is 8.67. The van der Waals surface area contributed by atoms with E-state index in [9.17, 15) is 9.59 Å². The summed E-state index contributed by atoms with van der Waals surface area (Å²) in [5.41, 5.74) is 2.49. The number of hydrogen-bond donors (Lipinski definition) is 0. The van der Waals surface area contributed by atoms with Gasteiger partial charge in [0, 0.05) is 17.5 Å². The van der Waals surface area contributed by atoms with E-state index in [1.165, 1.54) is 23.8 Å². The van der Waals surface area contributed by atoms with Crippen LogP contribution >= 0.6 is 11.3 Å². The molecule has 0 bridgehead atoms. The van der Waals surface area contributed by atoms with Gasteiger partial charge in [-0.2, -0.15) is 0 Å². The topological polar surface area (TPSA) is 59.5 Å². The van der Waals surface area contributed by atoms with E-state index in [0.29, 0.717) is 6.61 Å². The molecule has 0 aliphatic heterocycles. The van der Waals surface area contributed by atoms with E-state index in [-0.39, 0.29) is 24.5 Å². The van der Waals surface area contributed by atoms with Crippen LogP contribution < -0.4 is 0 Å². The lowest BCUT2D eigenvalue weighted by Crippen LogP contribution is -2.44. The third-order valence-electron chi connectivity index (χ3n) is 3.75. The van der Waals surface area contributed by atoms with Crippen LogP contribution in [0.5, 0.6) is 0 Å². The van der Waals surface area contributed by atoms with E-state index in [0.717, 1.165) is 31.4 Å². The van der Waals surface area contributed by atoms with Crippen molar-refractivity contribution in [3.63, 3.8) is 0 Å². The quantitative estimate of drug-likeness (QED) is 0.597. The van der Waals surface area contributed by atoms with Crippen LogP contribution in [-0.4, -0.2) is 41.0 Å². The lowest BCUT2D eigenvalue weighted by molar-refractivity contribution is -0.149. The highest BCUT2D eigenvalue weighted by atomic mass is 32.1. The van der Waals surface area contributed by atoms with Crippen molar-refractivity contribution in [3.05, 3.63) is 22.7 Å². The number of rotatable bonds is 6. The van der Waals surface area contributed by atoms with Crippen molar-refractivity contribution < 1.29 is 14.3 Å². The lowest BCUT2D eigenvalue weighted by atomic mass is 9.94. The summed E-state index contributed by atoms with van der Waals surface area (Å²) in [6.07, 6.45) is 8.51. The molecule has 1 saturated carbocycles.